The number of carbonyl (C=O) groups excluding carboxylic acids is 1. The van der Waals surface area contributed by atoms with Gasteiger partial charge in [-0.1, -0.05) is 25.6 Å². The predicted molar refractivity (Wildman–Crippen MR) is 115 cm³/mol. The Morgan fingerprint density at radius 3 is 2.48 bits per heavy atom. The molecule has 0 fully saturated rings. The topological polar surface area (TPSA) is 84.9 Å². The summed E-state index contributed by atoms with van der Waals surface area (Å²) in [5.41, 5.74) is 0.892. The van der Waals surface area contributed by atoms with Crippen molar-refractivity contribution in [3.63, 3.8) is 0 Å². The highest BCUT2D eigenvalue weighted by Crippen LogP contribution is 2.22. The van der Waals surface area contributed by atoms with Gasteiger partial charge in [0.15, 0.2) is 0 Å². The number of rotatable bonds is 11. The molecule has 156 valence electrons. The van der Waals surface area contributed by atoms with E-state index in [1.807, 2.05) is 6.92 Å². The zero-order valence-corrected chi connectivity index (χ0v) is 17.4. The number of amides is 1. The Kier molecular flexibility index (Phi) is 8.09. The average Bonchev–Trinajstić information content (AvgIpc) is 2.69. The molecule has 0 radical (unpaired) electrons. The van der Waals surface area contributed by atoms with E-state index in [0.29, 0.717) is 36.1 Å². The summed E-state index contributed by atoms with van der Waals surface area (Å²) in [6.45, 7) is 6.15. The number of nitrogens with zero attached hydrogens (tertiary/aromatic N) is 1. The van der Waals surface area contributed by atoms with Gasteiger partial charge in [0.2, 0.25) is 15.9 Å². The third-order valence-electron chi connectivity index (χ3n) is 3.77. The van der Waals surface area contributed by atoms with Crippen LogP contribution in [0.25, 0.3) is 0 Å². The molecule has 1 N–H and O–H groups in total. The monoisotopic (exact) mass is 418 g/mol. The molecule has 0 aliphatic carbocycles. The van der Waals surface area contributed by atoms with Gasteiger partial charge in [-0.15, -0.1) is 0 Å². The lowest BCUT2D eigenvalue weighted by atomic mass is 10.3. The molecule has 7 nitrogen and oxygen atoms in total. The van der Waals surface area contributed by atoms with Gasteiger partial charge >= 0.3 is 0 Å². The maximum atomic E-state index is 12.5. The zero-order chi connectivity index (χ0) is 21.3. The van der Waals surface area contributed by atoms with Gasteiger partial charge in [0.05, 0.1) is 18.6 Å². The van der Waals surface area contributed by atoms with E-state index in [1.54, 1.807) is 54.6 Å². The van der Waals surface area contributed by atoms with Crippen molar-refractivity contribution in [1.82, 2.24) is 0 Å². The van der Waals surface area contributed by atoms with Crippen LogP contribution in [0.15, 0.2) is 61.2 Å². The van der Waals surface area contributed by atoms with Crippen molar-refractivity contribution in [2.75, 3.05) is 35.6 Å². The summed E-state index contributed by atoms with van der Waals surface area (Å²) in [6.07, 6.45) is 3.55. The smallest absolute Gasteiger partial charge is 0.245 e. The van der Waals surface area contributed by atoms with Gasteiger partial charge in [-0.2, -0.15) is 0 Å². The van der Waals surface area contributed by atoms with E-state index in [-0.39, 0.29) is 6.54 Å². The van der Waals surface area contributed by atoms with E-state index < -0.39 is 15.9 Å². The van der Waals surface area contributed by atoms with Crippen LogP contribution in [0.2, 0.25) is 0 Å². The van der Waals surface area contributed by atoms with Crippen LogP contribution in [-0.2, 0) is 14.8 Å². The fraction of sp³-hybridized carbons (Fsp3) is 0.286. The lowest BCUT2D eigenvalue weighted by Gasteiger charge is -2.22. The molecule has 2 aromatic carbocycles. The number of hydrogen-bond donors (Lipinski definition) is 1. The molecule has 2 rings (SSSR count). The molecule has 8 heteroatoms. The molecule has 0 aliphatic heterocycles. The van der Waals surface area contributed by atoms with Crippen LogP contribution >= 0.6 is 0 Å². The Balaban J connectivity index is 2.10. The van der Waals surface area contributed by atoms with Crippen molar-refractivity contribution in [2.24, 2.45) is 0 Å². The third-order valence-corrected chi connectivity index (χ3v) is 4.91. The number of benzene rings is 2. The molecule has 0 aromatic heterocycles. The van der Waals surface area contributed by atoms with Crippen LogP contribution in [-0.4, -0.2) is 40.3 Å². The first-order valence-corrected chi connectivity index (χ1v) is 11.0. The molecule has 0 spiro atoms. The predicted octanol–water partition coefficient (Wildman–Crippen LogP) is 3.44. The van der Waals surface area contributed by atoms with E-state index >= 15 is 0 Å². The normalized spacial score (nSPS) is 10.8. The van der Waals surface area contributed by atoms with E-state index in [4.69, 9.17) is 9.47 Å². The largest absolute Gasteiger partial charge is 0.494 e. The minimum absolute atomic E-state index is 0.344. The van der Waals surface area contributed by atoms with E-state index in [2.05, 4.69) is 11.9 Å². The lowest BCUT2D eigenvalue weighted by Crippen LogP contribution is -2.37. The number of hydrogen-bond acceptors (Lipinski definition) is 5. The van der Waals surface area contributed by atoms with Crippen LogP contribution in [0.3, 0.4) is 0 Å². The zero-order valence-electron chi connectivity index (χ0n) is 16.6. The number of carbonyl (C=O) groups is 1. The van der Waals surface area contributed by atoms with Crippen molar-refractivity contribution in [2.45, 2.75) is 13.3 Å². The molecule has 29 heavy (non-hydrogen) atoms. The molecule has 0 atom stereocenters. The first kappa shape index (κ1) is 22.3. The summed E-state index contributed by atoms with van der Waals surface area (Å²) >= 11 is 0. The third kappa shape index (κ3) is 7.15. The van der Waals surface area contributed by atoms with E-state index in [0.717, 1.165) is 17.0 Å². The van der Waals surface area contributed by atoms with Crippen molar-refractivity contribution < 1.29 is 22.7 Å². The fourth-order valence-electron chi connectivity index (χ4n) is 2.48. The SMILES string of the molecule is C=CCOc1cccc(NC(=O)CN(c2ccc(OCCC)cc2)S(C)(=O)=O)c1. The van der Waals surface area contributed by atoms with E-state index in [9.17, 15) is 13.2 Å². The standard InChI is InChI=1S/C21H26N2O5S/c1-4-13-27-19-11-9-18(10-12-19)23(29(3,25)26)16-21(24)22-17-7-6-8-20(15-17)28-14-5-2/h5-12,15H,2,4,13-14,16H2,1,3H3,(H,22,24). The molecule has 0 heterocycles. The molecule has 0 aliphatic rings. The van der Waals surface area contributed by atoms with Crippen LogP contribution in [0, 0.1) is 0 Å². The Morgan fingerprint density at radius 2 is 1.86 bits per heavy atom. The summed E-state index contributed by atoms with van der Waals surface area (Å²) < 4.78 is 36.5. The van der Waals surface area contributed by atoms with Crippen LogP contribution in [0.4, 0.5) is 11.4 Å². The summed E-state index contributed by atoms with van der Waals surface area (Å²) in [5, 5.41) is 2.69. The molecule has 0 bridgehead atoms. The minimum atomic E-state index is -3.66. The Bertz CT molecular complexity index is 926. The first-order chi connectivity index (χ1) is 13.8. The van der Waals surface area contributed by atoms with Crippen molar-refractivity contribution in [3.05, 3.63) is 61.2 Å². The number of sulfonamides is 1. The highest BCUT2D eigenvalue weighted by atomic mass is 32.2. The second-order valence-corrected chi connectivity index (χ2v) is 8.19. The van der Waals surface area contributed by atoms with Gasteiger partial charge < -0.3 is 14.8 Å². The van der Waals surface area contributed by atoms with Gasteiger partial charge in [0, 0.05) is 11.8 Å². The summed E-state index contributed by atoms with van der Waals surface area (Å²) in [7, 11) is -3.66. The summed E-state index contributed by atoms with van der Waals surface area (Å²) in [6, 6.07) is 13.4. The van der Waals surface area contributed by atoms with Crippen molar-refractivity contribution in [3.8, 4) is 11.5 Å². The van der Waals surface area contributed by atoms with Crippen LogP contribution in [0.1, 0.15) is 13.3 Å². The molecule has 0 unspecified atom stereocenters. The summed E-state index contributed by atoms with van der Waals surface area (Å²) in [4.78, 5) is 12.5. The maximum Gasteiger partial charge on any atom is 0.245 e. The second-order valence-electron chi connectivity index (χ2n) is 6.29. The quantitative estimate of drug-likeness (QED) is 0.565. The van der Waals surface area contributed by atoms with Gasteiger partial charge in [-0.3, -0.25) is 9.10 Å². The molecular formula is C21H26N2O5S. The maximum absolute atomic E-state index is 12.5. The van der Waals surface area contributed by atoms with Gasteiger partial charge in [0.25, 0.3) is 0 Å². The van der Waals surface area contributed by atoms with Gasteiger partial charge in [-0.05, 0) is 42.8 Å². The van der Waals surface area contributed by atoms with E-state index in [1.165, 1.54) is 0 Å². The highest BCUT2D eigenvalue weighted by Gasteiger charge is 2.21. The molecular weight excluding hydrogens is 392 g/mol. The van der Waals surface area contributed by atoms with Gasteiger partial charge in [0.1, 0.15) is 24.7 Å². The summed E-state index contributed by atoms with van der Waals surface area (Å²) in [5.74, 6) is 0.748. The Labute approximate surface area is 172 Å². The number of anilines is 2. The van der Waals surface area contributed by atoms with Crippen LogP contribution < -0.4 is 19.1 Å². The van der Waals surface area contributed by atoms with Gasteiger partial charge in [-0.25, -0.2) is 8.42 Å². The Hall–Kier alpha value is -3.00. The average molecular weight is 419 g/mol. The molecule has 2 aromatic rings. The van der Waals surface area contributed by atoms with Crippen molar-refractivity contribution in [1.29, 1.82) is 0 Å². The van der Waals surface area contributed by atoms with Crippen molar-refractivity contribution >= 4 is 27.3 Å². The number of nitrogens with one attached hydrogen (secondary N) is 1. The second kappa shape index (κ2) is 10.5. The molecule has 0 saturated heterocycles. The Morgan fingerprint density at radius 1 is 1.14 bits per heavy atom. The first-order valence-electron chi connectivity index (χ1n) is 9.17. The fourth-order valence-corrected chi connectivity index (χ4v) is 3.33. The number of ether oxygens (including phenoxy) is 2. The van der Waals surface area contributed by atoms with Crippen LogP contribution in [0.5, 0.6) is 11.5 Å². The molecule has 1 amide bonds. The minimum Gasteiger partial charge on any atom is -0.494 e. The highest BCUT2D eigenvalue weighted by molar-refractivity contribution is 7.92. The molecule has 0 saturated carbocycles. The lowest BCUT2D eigenvalue weighted by molar-refractivity contribution is -0.114.